The molecule has 0 aliphatic carbocycles. The summed E-state index contributed by atoms with van der Waals surface area (Å²) in [5, 5.41) is 0. The average Bonchev–Trinajstić information content (AvgIpc) is 2.24. The standard InChI is InChI=1S/C12H15F2NO/c13-10-4-5-12(14)9(7-10)8-11(16)3-1-2-6-15/h4-5,7H,1-3,6,8,15H2. The van der Waals surface area contributed by atoms with Crippen LogP contribution in [0.25, 0.3) is 0 Å². The Labute approximate surface area is 93.5 Å². The van der Waals surface area contributed by atoms with Crippen LogP contribution in [0.2, 0.25) is 0 Å². The van der Waals surface area contributed by atoms with Crippen LogP contribution in [-0.2, 0) is 11.2 Å². The lowest BCUT2D eigenvalue weighted by Crippen LogP contribution is -2.06. The lowest BCUT2D eigenvalue weighted by Gasteiger charge is -2.03. The van der Waals surface area contributed by atoms with Gasteiger partial charge in [0.25, 0.3) is 0 Å². The first-order valence-electron chi connectivity index (χ1n) is 5.29. The normalized spacial score (nSPS) is 10.4. The van der Waals surface area contributed by atoms with Gasteiger partial charge in [0, 0.05) is 12.8 Å². The smallest absolute Gasteiger partial charge is 0.137 e. The molecule has 0 fully saturated rings. The van der Waals surface area contributed by atoms with E-state index in [-0.39, 0.29) is 17.8 Å². The number of benzene rings is 1. The summed E-state index contributed by atoms with van der Waals surface area (Å²) in [7, 11) is 0. The van der Waals surface area contributed by atoms with Crippen LogP contribution in [0.1, 0.15) is 24.8 Å². The summed E-state index contributed by atoms with van der Waals surface area (Å²) in [5.41, 5.74) is 5.41. The summed E-state index contributed by atoms with van der Waals surface area (Å²) < 4.78 is 26.0. The van der Waals surface area contributed by atoms with Gasteiger partial charge in [0.15, 0.2) is 0 Å². The van der Waals surface area contributed by atoms with Gasteiger partial charge in [0.1, 0.15) is 17.4 Å². The van der Waals surface area contributed by atoms with E-state index in [1.165, 1.54) is 0 Å². The highest BCUT2D eigenvalue weighted by atomic mass is 19.1. The van der Waals surface area contributed by atoms with E-state index in [2.05, 4.69) is 0 Å². The number of rotatable bonds is 6. The molecule has 2 N–H and O–H groups in total. The van der Waals surface area contributed by atoms with E-state index in [0.717, 1.165) is 24.6 Å². The Morgan fingerprint density at radius 1 is 1.25 bits per heavy atom. The van der Waals surface area contributed by atoms with Crippen molar-refractivity contribution < 1.29 is 13.6 Å². The fraction of sp³-hybridized carbons (Fsp3) is 0.417. The van der Waals surface area contributed by atoms with Gasteiger partial charge in [0.2, 0.25) is 0 Å². The summed E-state index contributed by atoms with van der Waals surface area (Å²) in [5.74, 6) is -1.14. The molecule has 0 unspecified atom stereocenters. The Kier molecular flexibility index (Phi) is 5.05. The zero-order valence-corrected chi connectivity index (χ0v) is 9.01. The minimum Gasteiger partial charge on any atom is -0.330 e. The van der Waals surface area contributed by atoms with Crippen LogP contribution in [0, 0.1) is 11.6 Å². The molecule has 1 rings (SSSR count). The number of nitrogens with two attached hydrogens (primary N) is 1. The molecule has 1 aromatic rings. The highest BCUT2D eigenvalue weighted by Crippen LogP contribution is 2.12. The van der Waals surface area contributed by atoms with Crippen molar-refractivity contribution in [2.24, 2.45) is 5.73 Å². The SMILES string of the molecule is NCCCCC(=O)Cc1cc(F)ccc1F. The van der Waals surface area contributed by atoms with Gasteiger partial charge in [0.05, 0.1) is 0 Å². The van der Waals surface area contributed by atoms with Crippen molar-refractivity contribution in [3.05, 3.63) is 35.4 Å². The number of carbonyl (C=O) groups is 1. The fourth-order valence-corrected chi connectivity index (χ4v) is 1.45. The molecular formula is C12H15F2NO. The number of ketones is 1. The van der Waals surface area contributed by atoms with Crippen LogP contribution in [-0.4, -0.2) is 12.3 Å². The molecule has 0 aromatic heterocycles. The van der Waals surface area contributed by atoms with Gasteiger partial charge in [-0.3, -0.25) is 4.79 Å². The summed E-state index contributed by atoms with van der Waals surface area (Å²) >= 11 is 0. The van der Waals surface area contributed by atoms with Crippen molar-refractivity contribution in [2.45, 2.75) is 25.7 Å². The zero-order chi connectivity index (χ0) is 12.0. The van der Waals surface area contributed by atoms with Crippen LogP contribution in [0.4, 0.5) is 8.78 Å². The number of carbonyl (C=O) groups excluding carboxylic acids is 1. The Bertz CT molecular complexity index is 366. The van der Waals surface area contributed by atoms with Gasteiger partial charge in [-0.2, -0.15) is 0 Å². The summed E-state index contributed by atoms with van der Waals surface area (Å²) in [6.07, 6.45) is 1.80. The molecule has 16 heavy (non-hydrogen) atoms. The first-order chi connectivity index (χ1) is 7.63. The quantitative estimate of drug-likeness (QED) is 0.757. The topological polar surface area (TPSA) is 43.1 Å². The largest absolute Gasteiger partial charge is 0.330 e. The number of hydrogen-bond donors (Lipinski definition) is 1. The Morgan fingerprint density at radius 2 is 2.00 bits per heavy atom. The van der Waals surface area contributed by atoms with Crippen molar-refractivity contribution in [3.63, 3.8) is 0 Å². The molecule has 0 saturated carbocycles. The van der Waals surface area contributed by atoms with Gasteiger partial charge >= 0.3 is 0 Å². The van der Waals surface area contributed by atoms with Crippen molar-refractivity contribution in [1.82, 2.24) is 0 Å². The van der Waals surface area contributed by atoms with E-state index in [9.17, 15) is 13.6 Å². The molecule has 0 amide bonds. The predicted octanol–water partition coefficient (Wildman–Crippen LogP) is 2.21. The third kappa shape index (κ3) is 4.06. The predicted molar refractivity (Wildman–Crippen MR) is 58.0 cm³/mol. The molecule has 0 spiro atoms. The van der Waals surface area contributed by atoms with Gasteiger partial charge < -0.3 is 5.73 Å². The second kappa shape index (κ2) is 6.33. The van der Waals surface area contributed by atoms with E-state index in [1.54, 1.807) is 0 Å². The minimum absolute atomic E-state index is 0.0475. The van der Waals surface area contributed by atoms with E-state index in [0.29, 0.717) is 19.4 Å². The number of unbranched alkanes of at least 4 members (excludes halogenated alkanes) is 1. The third-order valence-corrected chi connectivity index (χ3v) is 2.31. The monoisotopic (exact) mass is 227 g/mol. The van der Waals surface area contributed by atoms with E-state index in [4.69, 9.17) is 5.73 Å². The molecule has 2 nitrogen and oxygen atoms in total. The molecule has 1 aromatic carbocycles. The molecule has 0 aliphatic heterocycles. The van der Waals surface area contributed by atoms with Crippen LogP contribution in [0.15, 0.2) is 18.2 Å². The molecule has 4 heteroatoms. The number of halogens is 2. The lowest BCUT2D eigenvalue weighted by atomic mass is 10.0. The Morgan fingerprint density at radius 3 is 2.69 bits per heavy atom. The van der Waals surface area contributed by atoms with Crippen molar-refractivity contribution in [2.75, 3.05) is 6.54 Å². The van der Waals surface area contributed by atoms with Gasteiger partial charge in [-0.1, -0.05) is 0 Å². The van der Waals surface area contributed by atoms with Crippen LogP contribution >= 0.6 is 0 Å². The van der Waals surface area contributed by atoms with Crippen molar-refractivity contribution in [1.29, 1.82) is 0 Å². The summed E-state index contributed by atoms with van der Waals surface area (Å²) in [4.78, 5) is 11.4. The van der Waals surface area contributed by atoms with Gasteiger partial charge in [-0.25, -0.2) is 8.78 Å². The number of hydrogen-bond acceptors (Lipinski definition) is 2. The zero-order valence-electron chi connectivity index (χ0n) is 9.01. The van der Waals surface area contributed by atoms with Gasteiger partial charge in [-0.05, 0) is 43.1 Å². The van der Waals surface area contributed by atoms with Crippen molar-refractivity contribution in [3.8, 4) is 0 Å². The molecule has 88 valence electrons. The third-order valence-electron chi connectivity index (χ3n) is 2.31. The first-order valence-corrected chi connectivity index (χ1v) is 5.29. The highest BCUT2D eigenvalue weighted by Gasteiger charge is 2.09. The van der Waals surface area contributed by atoms with Gasteiger partial charge in [-0.15, -0.1) is 0 Å². The second-order valence-corrected chi connectivity index (χ2v) is 3.70. The molecule has 0 aliphatic rings. The van der Waals surface area contributed by atoms with Crippen LogP contribution in [0.3, 0.4) is 0 Å². The lowest BCUT2D eigenvalue weighted by molar-refractivity contribution is -0.118. The summed E-state index contributed by atoms with van der Waals surface area (Å²) in [6, 6.07) is 3.14. The van der Waals surface area contributed by atoms with Crippen LogP contribution < -0.4 is 5.73 Å². The highest BCUT2D eigenvalue weighted by molar-refractivity contribution is 5.80. The van der Waals surface area contributed by atoms with E-state index >= 15 is 0 Å². The second-order valence-electron chi connectivity index (χ2n) is 3.70. The number of Topliss-reactive ketones (excluding diaryl/α,β-unsaturated/α-hetero) is 1. The Balaban J connectivity index is 2.52. The molecular weight excluding hydrogens is 212 g/mol. The maximum atomic E-state index is 13.2. The molecule has 0 heterocycles. The minimum atomic E-state index is -0.534. The van der Waals surface area contributed by atoms with E-state index in [1.807, 2.05) is 0 Å². The first kappa shape index (κ1) is 12.8. The maximum absolute atomic E-state index is 13.2. The molecule has 0 bridgehead atoms. The van der Waals surface area contributed by atoms with E-state index < -0.39 is 11.6 Å². The summed E-state index contributed by atoms with van der Waals surface area (Å²) in [6.45, 7) is 0.543. The van der Waals surface area contributed by atoms with Crippen LogP contribution in [0.5, 0.6) is 0 Å². The van der Waals surface area contributed by atoms with Crippen molar-refractivity contribution >= 4 is 5.78 Å². The fourth-order valence-electron chi connectivity index (χ4n) is 1.45. The average molecular weight is 227 g/mol. The molecule has 0 atom stereocenters. The maximum Gasteiger partial charge on any atom is 0.137 e. The molecule has 0 saturated heterocycles. The Hall–Kier alpha value is -1.29. The molecule has 0 radical (unpaired) electrons.